The van der Waals surface area contributed by atoms with Crippen molar-refractivity contribution in [3.05, 3.63) is 47.8 Å². The number of rotatable bonds is 2. The summed E-state index contributed by atoms with van der Waals surface area (Å²) in [7, 11) is 0. The molecule has 0 amide bonds. The van der Waals surface area contributed by atoms with Crippen molar-refractivity contribution in [2.45, 2.75) is 6.92 Å². The van der Waals surface area contributed by atoms with Gasteiger partial charge in [-0.05, 0) is 48.4 Å². The first kappa shape index (κ1) is 9.93. The fourth-order valence-corrected chi connectivity index (χ4v) is 1.43. The highest BCUT2D eigenvalue weighted by Crippen LogP contribution is 2.11. The van der Waals surface area contributed by atoms with E-state index >= 15 is 0 Å². The second-order valence-corrected chi connectivity index (χ2v) is 3.63. The van der Waals surface area contributed by atoms with Gasteiger partial charge in [0.25, 0.3) is 5.24 Å². The van der Waals surface area contributed by atoms with Gasteiger partial charge in [0.1, 0.15) is 0 Å². The Bertz CT molecular complexity index is 488. The smallest absolute Gasteiger partial charge is 0.252 e. The third-order valence-corrected chi connectivity index (χ3v) is 2.29. The fourth-order valence-electron chi connectivity index (χ4n) is 1.30. The van der Waals surface area contributed by atoms with Gasteiger partial charge in [-0.1, -0.05) is 0 Å². The molecule has 2 aromatic rings. The molecule has 0 spiro atoms. The van der Waals surface area contributed by atoms with Gasteiger partial charge < -0.3 is 0 Å². The highest BCUT2D eigenvalue weighted by atomic mass is 35.5. The average molecular weight is 221 g/mol. The predicted octanol–water partition coefficient (Wildman–Crippen LogP) is 2.56. The molecule has 0 radical (unpaired) electrons. The zero-order valence-electron chi connectivity index (χ0n) is 8.14. The number of carbonyl (C=O) groups excluding carboxylic acids is 1. The Morgan fingerprint density at radius 1 is 1.33 bits per heavy atom. The Labute approximate surface area is 92.3 Å². The van der Waals surface area contributed by atoms with Crippen LogP contribution in [0.3, 0.4) is 0 Å². The minimum absolute atomic E-state index is 0.446. The van der Waals surface area contributed by atoms with E-state index in [1.807, 2.05) is 25.3 Å². The maximum atomic E-state index is 10.8. The molecule has 0 fully saturated rings. The lowest BCUT2D eigenvalue weighted by Gasteiger charge is -2.01. The normalized spacial score (nSPS) is 10.3. The van der Waals surface area contributed by atoms with Crippen LogP contribution >= 0.6 is 11.6 Å². The number of hydrogen-bond donors (Lipinski definition) is 0. The van der Waals surface area contributed by atoms with Crippen LogP contribution in [-0.4, -0.2) is 15.0 Å². The highest BCUT2D eigenvalue weighted by molar-refractivity contribution is 6.67. The van der Waals surface area contributed by atoms with Gasteiger partial charge in [0.2, 0.25) is 0 Å². The average Bonchev–Trinajstić information content (AvgIpc) is 2.65. The molecular weight excluding hydrogens is 212 g/mol. The van der Waals surface area contributed by atoms with Gasteiger partial charge in [0.15, 0.2) is 0 Å². The number of carbonyl (C=O) groups is 1. The van der Waals surface area contributed by atoms with E-state index < -0.39 is 5.24 Å². The van der Waals surface area contributed by atoms with E-state index in [9.17, 15) is 4.79 Å². The largest absolute Gasteiger partial charge is 0.276 e. The predicted molar refractivity (Wildman–Crippen MR) is 58.5 cm³/mol. The molecule has 0 saturated heterocycles. The first-order valence-electron chi connectivity index (χ1n) is 4.48. The second-order valence-electron chi connectivity index (χ2n) is 3.28. The van der Waals surface area contributed by atoms with E-state index in [0.717, 1.165) is 11.3 Å². The number of aromatic nitrogens is 2. The molecule has 1 aromatic heterocycles. The summed E-state index contributed by atoms with van der Waals surface area (Å²) in [5.74, 6) is 0. The van der Waals surface area contributed by atoms with Gasteiger partial charge >= 0.3 is 0 Å². The molecule has 0 N–H and O–H groups in total. The van der Waals surface area contributed by atoms with Gasteiger partial charge in [-0.25, -0.2) is 4.68 Å². The van der Waals surface area contributed by atoms with E-state index in [0.29, 0.717) is 5.56 Å². The van der Waals surface area contributed by atoms with Gasteiger partial charge in [0.05, 0.1) is 11.9 Å². The third-order valence-electron chi connectivity index (χ3n) is 2.07. The third kappa shape index (κ3) is 2.07. The molecule has 3 nitrogen and oxygen atoms in total. The monoisotopic (exact) mass is 220 g/mol. The Morgan fingerprint density at radius 3 is 2.47 bits per heavy atom. The summed E-state index contributed by atoms with van der Waals surface area (Å²) in [4.78, 5) is 10.8. The maximum absolute atomic E-state index is 10.8. The summed E-state index contributed by atoms with van der Waals surface area (Å²) in [5, 5.41) is 3.71. The summed E-state index contributed by atoms with van der Waals surface area (Å²) in [5.41, 5.74) is 2.49. The molecule has 4 heteroatoms. The van der Waals surface area contributed by atoms with Crippen molar-refractivity contribution in [1.82, 2.24) is 9.78 Å². The van der Waals surface area contributed by atoms with Crippen LogP contribution in [0.15, 0.2) is 36.7 Å². The molecule has 1 heterocycles. The van der Waals surface area contributed by atoms with Crippen LogP contribution in [0.1, 0.15) is 15.9 Å². The lowest BCUT2D eigenvalue weighted by Crippen LogP contribution is -1.95. The molecule has 0 bridgehead atoms. The van der Waals surface area contributed by atoms with Crippen molar-refractivity contribution in [3.8, 4) is 5.69 Å². The molecule has 0 atom stereocenters. The number of aryl methyl sites for hydroxylation is 1. The molecule has 15 heavy (non-hydrogen) atoms. The minimum atomic E-state index is -0.446. The van der Waals surface area contributed by atoms with E-state index in [1.54, 1.807) is 23.0 Å². The summed E-state index contributed by atoms with van der Waals surface area (Å²) < 4.78 is 1.75. The van der Waals surface area contributed by atoms with Crippen LogP contribution in [0.4, 0.5) is 0 Å². The van der Waals surface area contributed by atoms with E-state index in [4.69, 9.17) is 11.6 Å². The number of benzene rings is 1. The van der Waals surface area contributed by atoms with Crippen LogP contribution < -0.4 is 0 Å². The zero-order chi connectivity index (χ0) is 10.8. The Balaban J connectivity index is 2.35. The highest BCUT2D eigenvalue weighted by Gasteiger charge is 2.02. The molecule has 0 unspecified atom stereocenters. The molecule has 0 aliphatic rings. The molecule has 2 rings (SSSR count). The summed E-state index contributed by atoms with van der Waals surface area (Å²) >= 11 is 5.34. The fraction of sp³-hybridized carbons (Fsp3) is 0.0909. The molecule has 0 aliphatic heterocycles. The van der Waals surface area contributed by atoms with Gasteiger partial charge in [-0.2, -0.15) is 5.10 Å². The van der Waals surface area contributed by atoms with Gasteiger partial charge in [-0.3, -0.25) is 4.79 Å². The Morgan fingerprint density at radius 2 is 2.00 bits per heavy atom. The summed E-state index contributed by atoms with van der Waals surface area (Å²) in [6, 6.07) is 6.98. The second kappa shape index (κ2) is 3.87. The van der Waals surface area contributed by atoms with Crippen LogP contribution in [0.2, 0.25) is 0 Å². The molecule has 0 aliphatic carbocycles. The molecule has 1 aromatic carbocycles. The van der Waals surface area contributed by atoms with E-state index in [2.05, 4.69) is 5.10 Å². The number of halogens is 1. The lowest BCUT2D eigenvalue weighted by molar-refractivity contribution is 0.108. The molecule has 76 valence electrons. The quantitative estimate of drug-likeness (QED) is 0.729. The van der Waals surface area contributed by atoms with Crippen molar-refractivity contribution >= 4 is 16.8 Å². The van der Waals surface area contributed by atoms with Gasteiger partial charge in [-0.15, -0.1) is 0 Å². The summed E-state index contributed by atoms with van der Waals surface area (Å²) in [6.45, 7) is 1.97. The maximum Gasteiger partial charge on any atom is 0.252 e. The Kier molecular flexibility index (Phi) is 2.56. The van der Waals surface area contributed by atoms with Crippen LogP contribution in [0.25, 0.3) is 5.69 Å². The van der Waals surface area contributed by atoms with Crippen LogP contribution in [0, 0.1) is 6.92 Å². The molecular formula is C11H9ClN2O. The van der Waals surface area contributed by atoms with Crippen molar-refractivity contribution in [3.63, 3.8) is 0 Å². The van der Waals surface area contributed by atoms with Gasteiger partial charge in [0, 0.05) is 11.8 Å². The number of hydrogen-bond acceptors (Lipinski definition) is 2. The van der Waals surface area contributed by atoms with Crippen LogP contribution in [0.5, 0.6) is 0 Å². The van der Waals surface area contributed by atoms with Crippen molar-refractivity contribution in [2.75, 3.05) is 0 Å². The first-order chi connectivity index (χ1) is 7.16. The summed E-state index contributed by atoms with van der Waals surface area (Å²) in [6.07, 6.45) is 3.69. The van der Waals surface area contributed by atoms with Crippen molar-refractivity contribution in [1.29, 1.82) is 0 Å². The lowest BCUT2D eigenvalue weighted by atomic mass is 10.2. The number of nitrogens with zero attached hydrogens (tertiary/aromatic N) is 2. The topological polar surface area (TPSA) is 34.9 Å². The SMILES string of the molecule is Cc1cnn(-c2ccc(C(=O)Cl)cc2)c1. The molecule has 0 saturated carbocycles. The van der Waals surface area contributed by atoms with E-state index in [1.165, 1.54) is 0 Å². The zero-order valence-corrected chi connectivity index (χ0v) is 8.90. The Hall–Kier alpha value is -1.61. The minimum Gasteiger partial charge on any atom is -0.276 e. The first-order valence-corrected chi connectivity index (χ1v) is 4.86. The van der Waals surface area contributed by atoms with Crippen molar-refractivity contribution < 1.29 is 4.79 Å². The standard InChI is InChI=1S/C11H9ClN2O/c1-8-6-13-14(7-8)10-4-2-9(3-5-10)11(12)15/h2-7H,1H3. The van der Waals surface area contributed by atoms with Crippen molar-refractivity contribution in [2.24, 2.45) is 0 Å². The van der Waals surface area contributed by atoms with Crippen LogP contribution in [-0.2, 0) is 0 Å². The van der Waals surface area contributed by atoms with E-state index in [-0.39, 0.29) is 0 Å².